The summed E-state index contributed by atoms with van der Waals surface area (Å²) < 4.78 is 21.4. The van der Waals surface area contributed by atoms with Crippen molar-refractivity contribution in [2.75, 3.05) is 65.3 Å². The number of aromatic nitrogens is 1. The van der Waals surface area contributed by atoms with Gasteiger partial charge in [0.2, 0.25) is 65.0 Å². The van der Waals surface area contributed by atoms with E-state index < -0.39 is 181 Å². The van der Waals surface area contributed by atoms with Crippen molar-refractivity contribution in [3.8, 4) is 5.75 Å². The van der Waals surface area contributed by atoms with Crippen LogP contribution in [-0.2, 0) is 85.3 Å². The number of hydrogen-bond acceptors (Lipinski definition) is 19. The van der Waals surface area contributed by atoms with E-state index >= 15 is 9.00 Å². The number of thioether (sulfide) groups is 1. The van der Waals surface area contributed by atoms with Gasteiger partial charge in [0.05, 0.1) is 73.5 Å². The number of nitrogens with two attached hydrogens (primary N) is 1. The van der Waals surface area contributed by atoms with Crippen molar-refractivity contribution < 1.29 is 86.6 Å². The number of primary amides is 1. The van der Waals surface area contributed by atoms with Gasteiger partial charge in [0.1, 0.15) is 28.9 Å². The zero-order valence-electron chi connectivity index (χ0n) is 55.4. The standard InChI is InChI=1S/C65H95N11O18S2/c1-6-35(2)43-26-39(78)29-68-59(87)38-24-44-42-15-16-51(94-5)45(33-95-41-17-21-74(22-18-41)55(85)14-10-7-11-19-67-53(83)13-9-8-12-20-75-56(86)23-36(3)64(75)91)58(42)73-63(44)96(93)34-47(70-54(84)30-69-60(43)88)61(89)71-46(28-52(66)82)65(92)76-31-40(79)27-48(76)62(90)72-57(49(80)25-38)37(4)50(81)32-77/h15-16,35-38,40-41,43,46-48,50,57,73,77,79,81H,6-14,17-34H2,1-5H3,(H2,66,82)(H,67,83)(H,68,87)(H,69,88)(H,70,84)(H,71,89)(H,72,90)/t35-,36?,37-,38+,40+,43-,46-,47-,48-,50-,57-,96?/m0/s1. The van der Waals surface area contributed by atoms with E-state index in [1.165, 1.54) is 18.9 Å². The van der Waals surface area contributed by atoms with Crippen LogP contribution >= 0.6 is 11.8 Å². The van der Waals surface area contributed by atoms with Gasteiger partial charge in [0.15, 0.2) is 11.6 Å². The maximum absolute atomic E-state index is 15.5. The molecule has 29 nitrogen and oxygen atoms in total. The third-order valence-electron chi connectivity index (χ3n) is 19.0. The fraction of sp³-hybridized carbons (Fsp3) is 0.677. The van der Waals surface area contributed by atoms with Crippen LogP contribution in [0.25, 0.3) is 10.9 Å². The summed E-state index contributed by atoms with van der Waals surface area (Å²) in [6.45, 7) is 5.70. The smallest absolute Gasteiger partial charge is 0.246 e. The summed E-state index contributed by atoms with van der Waals surface area (Å²) >= 11 is 1.59. The number of fused-ring (bicyclic) bond motifs is 5. The van der Waals surface area contributed by atoms with Crippen LogP contribution in [0.3, 0.4) is 0 Å². The molecule has 530 valence electrons. The molecule has 2 aromatic rings. The Labute approximate surface area is 564 Å². The highest BCUT2D eigenvalue weighted by Crippen LogP contribution is 2.39. The molecule has 6 heterocycles. The second-order valence-electron chi connectivity index (χ2n) is 26.0. The second-order valence-corrected chi connectivity index (χ2v) is 28.8. The predicted molar refractivity (Wildman–Crippen MR) is 351 cm³/mol. The first kappa shape index (κ1) is 76.0. The molecule has 5 aliphatic rings. The highest BCUT2D eigenvalue weighted by atomic mass is 32.2. The monoisotopic (exact) mass is 1380 g/mol. The molecule has 11 amide bonds. The molecule has 2 unspecified atom stereocenters. The molecule has 31 heteroatoms. The van der Waals surface area contributed by atoms with Crippen molar-refractivity contribution in [3.05, 3.63) is 23.3 Å². The number of rotatable bonds is 23. The van der Waals surface area contributed by atoms with Crippen molar-refractivity contribution in [3.63, 3.8) is 0 Å². The topological polar surface area (TPSA) is 433 Å². The molecule has 0 spiro atoms. The van der Waals surface area contributed by atoms with Gasteiger partial charge in [-0.25, -0.2) is 0 Å². The van der Waals surface area contributed by atoms with E-state index in [-0.39, 0.29) is 64.0 Å². The molecular formula is C65H95N11O18S2. The largest absolute Gasteiger partial charge is 0.496 e. The number of ketones is 2. The van der Waals surface area contributed by atoms with Crippen LogP contribution in [0, 0.1) is 29.6 Å². The summed E-state index contributed by atoms with van der Waals surface area (Å²) in [6, 6.07) is -3.64. The van der Waals surface area contributed by atoms with Gasteiger partial charge in [-0.3, -0.25) is 71.4 Å². The summed E-state index contributed by atoms with van der Waals surface area (Å²) in [4.78, 5) is 186. The second kappa shape index (κ2) is 35.8. The van der Waals surface area contributed by atoms with Gasteiger partial charge in [-0.05, 0) is 68.6 Å². The Morgan fingerprint density at radius 3 is 2.23 bits per heavy atom. The zero-order chi connectivity index (χ0) is 70.1. The van der Waals surface area contributed by atoms with Gasteiger partial charge in [-0.1, -0.05) is 47.0 Å². The number of methoxy groups -OCH3 is 1. The van der Waals surface area contributed by atoms with E-state index in [2.05, 4.69) is 36.9 Å². The number of carbonyl (C=O) groups is 13. The minimum absolute atomic E-state index is 0.0248. The Morgan fingerprint density at radius 2 is 1.55 bits per heavy atom. The number of amides is 11. The summed E-state index contributed by atoms with van der Waals surface area (Å²) in [5.74, 6) is -13.2. The lowest BCUT2D eigenvalue weighted by Gasteiger charge is -2.32. The molecule has 3 fully saturated rings. The number of aliphatic hydroxyl groups is 3. The molecule has 0 radical (unpaired) electrons. The number of H-pyrrole nitrogens is 1. The molecule has 7 rings (SSSR count). The van der Waals surface area contributed by atoms with E-state index in [9.17, 15) is 72.9 Å². The van der Waals surface area contributed by atoms with Crippen LogP contribution in [0.15, 0.2) is 17.2 Å². The Balaban J connectivity index is 1.14. The van der Waals surface area contributed by atoms with Gasteiger partial charge >= 0.3 is 0 Å². The minimum Gasteiger partial charge on any atom is -0.496 e. The third-order valence-corrected chi connectivity index (χ3v) is 21.9. The number of likely N-dealkylation sites (tertiary alicyclic amines) is 2. The van der Waals surface area contributed by atoms with E-state index in [4.69, 9.17) is 10.5 Å². The molecule has 0 aliphatic carbocycles. The molecule has 5 aliphatic heterocycles. The number of piperidine rings is 1. The third kappa shape index (κ3) is 20.1. The van der Waals surface area contributed by atoms with Crippen LogP contribution in [0.2, 0.25) is 0 Å². The van der Waals surface area contributed by atoms with E-state index in [1.807, 2.05) is 4.90 Å². The highest BCUT2D eigenvalue weighted by Gasteiger charge is 2.46. The van der Waals surface area contributed by atoms with Crippen molar-refractivity contribution in [1.29, 1.82) is 0 Å². The van der Waals surface area contributed by atoms with Gasteiger partial charge in [-0.15, -0.1) is 0 Å². The summed E-state index contributed by atoms with van der Waals surface area (Å²) in [5.41, 5.74) is 6.78. The van der Waals surface area contributed by atoms with Crippen molar-refractivity contribution in [2.24, 2.45) is 35.3 Å². The molecule has 1 aromatic carbocycles. The number of aliphatic hydroxyl groups excluding tert-OH is 3. The van der Waals surface area contributed by atoms with Crippen molar-refractivity contribution >= 4 is 110 Å². The van der Waals surface area contributed by atoms with E-state index in [1.54, 1.807) is 44.7 Å². The molecule has 0 saturated carbocycles. The summed E-state index contributed by atoms with van der Waals surface area (Å²) in [5, 5.41) is 48.1. The molecular weight excluding hydrogens is 1290 g/mol. The first-order valence-electron chi connectivity index (χ1n) is 33.4. The molecule has 1 aromatic heterocycles. The van der Waals surface area contributed by atoms with Gasteiger partial charge < -0.3 is 72.5 Å². The van der Waals surface area contributed by atoms with Crippen LogP contribution in [0.1, 0.15) is 142 Å². The lowest BCUT2D eigenvalue weighted by atomic mass is 9.85. The van der Waals surface area contributed by atoms with Gasteiger partial charge in [-0.2, -0.15) is 11.8 Å². The number of benzene rings is 1. The quantitative estimate of drug-likeness (QED) is 0.0490. The normalized spacial score (nSPS) is 25.9. The van der Waals surface area contributed by atoms with Crippen molar-refractivity contribution in [1.82, 2.24) is 51.6 Å². The zero-order valence-corrected chi connectivity index (χ0v) is 57.0. The minimum atomic E-state index is -2.42. The van der Waals surface area contributed by atoms with Crippen LogP contribution in [0.4, 0.5) is 0 Å². The maximum Gasteiger partial charge on any atom is 0.246 e. The van der Waals surface area contributed by atoms with Crippen LogP contribution in [-0.4, -0.2) is 223 Å². The van der Waals surface area contributed by atoms with E-state index in [0.29, 0.717) is 113 Å². The Hall–Kier alpha value is -7.35. The number of unbranched alkanes of at least 4 members (excludes halogenated alkanes) is 4. The first-order chi connectivity index (χ1) is 45.7. The van der Waals surface area contributed by atoms with Gasteiger partial charge in [0, 0.05) is 117 Å². The molecule has 2 bridgehead atoms. The number of aromatic amines is 1. The van der Waals surface area contributed by atoms with Crippen LogP contribution < -0.4 is 42.4 Å². The Morgan fingerprint density at radius 1 is 0.844 bits per heavy atom. The lowest BCUT2D eigenvalue weighted by Crippen LogP contribution is -2.60. The number of carbonyl (C=O) groups excluding carboxylic acids is 13. The predicted octanol–water partition coefficient (Wildman–Crippen LogP) is -0.580. The fourth-order valence-electron chi connectivity index (χ4n) is 13.0. The number of imide groups is 1. The summed E-state index contributed by atoms with van der Waals surface area (Å²) in [6.07, 6.45) is 0.917. The Bertz CT molecular complexity index is 3250. The first-order valence-corrected chi connectivity index (χ1v) is 35.7. The number of ether oxygens (including phenoxy) is 1. The summed E-state index contributed by atoms with van der Waals surface area (Å²) in [7, 11) is -0.957. The van der Waals surface area contributed by atoms with E-state index in [0.717, 1.165) is 11.3 Å². The van der Waals surface area contributed by atoms with Crippen molar-refractivity contribution in [2.45, 2.75) is 189 Å². The molecule has 3 saturated heterocycles. The number of Topliss-reactive ketones (excluding diaryl/α,β-unsaturated/α-hetero) is 2. The average molecular weight is 1380 g/mol. The average Bonchev–Trinajstić information content (AvgIpc) is 1.61. The molecule has 12 N–H and O–H groups in total. The van der Waals surface area contributed by atoms with Crippen LogP contribution in [0.5, 0.6) is 5.75 Å². The molecule has 12 atom stereocenters. The fourth-order valence-corrected chi connectivity index (χ4v) is 15.7. The number of nitrogens with zero attached hydrogens (tertiary/aromatic N) is 3. The molecule has 96 heavy (non-hydrogen) atoms. The van der Waals surface area contributed by atoms with Gasteiger partial charge in [0.25, 0.3) is 0 Å². The number of hydrogen-bond donors (Lipinski definition) is 11. The lowest BCUT2D eigenvalue weighted by molar-refractivity contribution is -0.144. The number of nitrogens with one attached hydrogen (secondary N) is 7. The highest BCUT2D eigenvalue weighted by molar-refractivity contribution is 7.99. The SMILES string of the molecule is CC[C@H](C)[C@@H]1CC(=O)CNC(=O)[C@H]2CC(=O)[C@H]([C@@H](C)[C@@H](O)CO)NC(=O)[C@@H]3C[C@@H](O)CN3C(=O)[C@H](CC(N)=O)NC(=O)[C@H](CS(=O)c3[nH]c4c(CSC5CCN(C(=O)CCCCCNC(=O)CCCCCN6C(=O)CC(C)C6=O)CC5)c(OC)ccc4c3C2)NC(=O)CNC1=O. The maximum atomic E-state index is 15.5. The Kier molecular flexibility index (Phi) is 28.3.